The van der Waals surface area contributed by atoms with E-state index in [1.54, 1.807) is 12.1 Å². The maximum Gasteiger partial charge on any atom is 0.270 e. The Morgan fingerprint density at radius 3 is 2.75 bits per heavy atom. The van der Waals surface area contributed by atoms with Gasteiger partial charge in [-0.15, -0.1) is 0 Å². The van der Waals surface area contributed by atoms with Crippen molar-refractivity contribution in [3.8, 4) is 0 Å². The van der Waals surface area contributed by atoms with E-state index in [2.05, 4.69) is 19.0 Å². The molecule has 0 saturated heterocycles. The summed E-state index contributed by atoms with van der Waals surface area (Å²) in [5.74, 6) is 0.497. The van der Waals surface area contributed by atoms with Gasteiger partial charge in [-0.05, 0) is 30.7 Å². The highest BCUT2D eigenvalue weighted by Crippen LogP contribution is 2.36. The molecular formula is C15H18N2O3. The average molecular weight is 274 g/mol. The molecular weight excluding hydrogens is 256 g/mol. The summed E-state index contributed by atoms with van der Waals surface area (Å²) in [7, 11) is 0. The van der Waals surface area contributed by atoms with E-state index < -0.39 is 4.92 Å². The van der Waals surface area contributed by atoms with E-state index in [0.717, 1.165) is 24.0 Å². The molecule has 5 nitrogen and oxygen atoms in total. The summed E-state index contributed by atoms with van der Waals surface area (Å²) in [6.07, 6.45) is 2.46. The fourth-order valence-electron chi connectivity index (χ4n) is 2.67. The average Bonchev–Trinajstić information content (AvgIpc) is 2.80. The molecule has 0 saturated carbocycles. The molecule has 5 heteroatoms. The number of rotatable bonds is 4. The van der Waals surface area contributed by atoms with Crippen molar-refractivity contribution in [3.05, 3.63) is 45.5 Å². The SMILES string of the molecule is CC(C)CC1=C(c2cccc([N+](=O)[O-])c2)C(=NO)CC1. The molecule has 2 rings (SSSR count). The van der Waals surface area contributed by atoms with Gasteiger partial charge < -0.3 is 5.21 Å². The van der Waals surface area contributed by atoms with Crippen LogP contribution in [0.15, 0.2) is 35.0 Å². The molecule has 106 valence electrons. The Bertz CT molecular complexity index is 589. The quantitative estimate of drug-likeness (QED) is 0.512. The Kier molecular flexibility index (Phi) is 4.17. The van der Waals surface area contributed by atoms with E-state index in [1.165, 1.54) is 11.6 Å². The van der Waals surface area contributed by atoms with Crippen LogP contribution < -0.4 is 0 Å². The molecule has 20 heavy (non-hydrogen) atoms. The van der Waals surface area contributed by atoms with Gasteiger partial charge in [0.25, 0.3) is 5.69 Å². The largest absolute Gasteiger partial charge is 0.411 e. The summed E-state index contributed by atoms with van der Waals surface area (Å²) in [5.41, 5.74) is 3.54. The summed E-state index contributed by atoms with van der Waals surface area (Å²) in [6, 6.07) is 6.52. The van der Waals surface area contributed by atoms with Gasteiger partial charge in [0.15, 0.2) is 0 Å². The zero-order chi connectivity index (χ0) is 14.7. The van der Waals surface area contributed by atoms with Crippen LogP contribution in [0.4, 0.5) is 5.69 Å². The lowest BCUT2D eigenvalue weighted by Gasteiger charge is -2.10. The Morgan fingerprint density at radius 1 is 1.40 bits per heavy atom. The van der Waals surface area contributed by atoms with Crippen molar-refractivity contribution in [2.45, 2.75) is 33.1 Å². The van der Waals surface area contributed by atoms with Crippen LogP contribution in [0.3, 0.4) is 0 Å². The van der Waals surface area contributed by atoms with Gasteiger partial charge in [-0.2, -0.15) is 0 Å². The molecule has 1 aliphatic carbocycles. The highest BCUT2D eigenvalue weighted by Gasteiger charge is 2.24. The lowest BCUT2D eigenvalue weighted by atomic mass is 9.95. The topological polar surface area (TPSA) is 75.7 Å². The first-order valence-corrected chi connectivity index (χ1v) is 6.71. The second-order valence-electron chi connectivity index (χ2n) is 5.43. The molecule has 0 spiro atoms. The number of allylic oxidation sites excluding steroid dienone is 2. The van der Waals surface area contributed by atoms with Gasteiger partial charge in [0.2, 0.25) is 0 Å². The molecule has 0 atom stereocenters. The number of hydrogen-bond acceptors (Lipinski definition) is 4. The Labute approximate surface area is 117 Å². The molecule has 1 aromatic rings. The molecule has 0 aromatic heterocycles. The van der Waals surface area contributed by atoms with Crippen molar-refractivity contribution in [2.75, 3.05) is 0 Å². The monoisotopic (exact) mass is 274 g/mol. The van der Waals surface area contributed by atoms with Crippen LogP contribution in [0.5, 0.6) is 0 Å². The third kappa shape index (κ3) is 2.87. The molecule has 0 radical (unpaired) electrons. The van der Waals surface area contributed by atoms with E-state index in [0.29, 0.717) is 18.1 Å². The van der Waals surface area contributed by atoms with Gasteiger partial charge in [0.1, 0.15) is 0 Å². The van der Waals surface area contributed by atoms with Gasteiger partial charge in [-0.1, -0.05) is 36.7 Å². The number of nitro groups is 1. The Balaban J connectivity index is 2.50. The van der Waals surface area contributed by atoms with Crippen molar-refractivity contribution in [1.29, 1.82) is 0 Å². The zero-order valence-electron chi connectivity index (χ0n) is 11.7. The molecule has 0 heterocycles. The number of nitro benzene ring substituents is 1. The standard InChI is InChI=1S/C15H18N2O3/c1-10(2)8-12-6-7-14(16-18)15(12)11-4-3-5-13(9-11)17(19)20/h3-5,9-10,18H,6-8H2,1-2H3. The number of benzene rings is 1. The van der Waals surface area contributed by atoms with E-state index >= 15 is 0 Å². The van der Waals surface area contributed by atoms with Gasteiger partial charge in [0.05, 0.1) is 10.6 Å². The molecule has 1 aliphatic rings. The van der Waals surface area contributed by atoms with E-state index in [4.69, 9.17) is 5.21 Å². The molecule has 0 bridgehead atoms. The van der Waals surface area contributed by atoms with Crippen LogP contribution in [0.2, 0.25) is 0 Å². The van der Waals surface area contributed by atoms with E-state index in [1.807, 2.05) is 6.07 Å². The highest BCUT2D eigenvalue weighted by molar-refractivity contribution is 6.26. The van der Waals surface area contributed by atoms with Crippen LogP contribution >= 0.6 is 0 Å². The second kappa shape index (κ2) is 5.86. The Morgan fingerprint density at radius 2 is 2.15 bits per heavy atom. The lowest BCUT2D eigenvalue weighted by molar-refractivity contribution is -0.384. The van der Waals surface area contributed by atoms with E-state index in [9.17, 15) is 10.1 Å². The van der Waals surface area contributed by atoms with Gasteiger partial charge in [0, 0.05) is 17.7 Å². The fraction of sp³-hybridized carbons (Fsp3) is 0.400. The van der Waals surface area contributed by atoms with Gasteiger partial charge >= 0.3 is 0 Å². The maximum atomic E-state index is 10.9. The van der Waals surface area contributed by atoms with Crippen molar-refractivity contribution in [1.82, 2.24) is 0 Å². The van der Waals surface area contributed by atoms with Crippen molar-refractivity contribution < 1.29 is 10.1 Å². The minimum atomic E-state index is -0.406. The minimum absolute atomic E-state index is 0.0584. The predicted molar refractivity (Wildman–Crippen MR) is 77.9 cm³/mol. The first kappa shape index (κ1) is 14.2. The van der Waals surface area contributed by atoms with Crippen molar-refractivity contribution >= 4 is 17.0 Å². The number of oxime groups is 1. The molecule has 0 amide bonds. The highest BCUT2D eigenvalue weighted by atomic mass is 16.6. The van der Waals surface area contributed by atoms with Crippen molar-refractivity contribution in [3.63, 3.8) is 0 Å². The summed E-state index contributed by atoms with van der Waals surface area (Å²) < 4.78 is 0. The summed E-state index contributed by atoms with van der Waals surface area (Å²) >= 11 is 0. The lowest BCUT2D eigenvalue weighted by Crippen LogP contribution is -1.99. The number of nitrogens with zero attached hydrogens (tertiary/aromatic N) is 2. The number of hydrogen-bond donors (Lipinski definition) is 1. The molecule has 0 fully saturated rings. The minimum Gasteiger partial charge on any atom is -0.411 e. The molecule has 0 aliphatic heterocycles. The molecule has 1 aromatic carbocycles. The zero-order valence-corrected chi connectivity index (χ0v) is 11.7. The van der Waals surface area contributed by atoms with Crippen molar-refractivity contribution in [2.24, 2.45) is 11.1 Å². The summed E-state index contributed by atoms with van der Waals surface area (Å²) in [4.78, 5) is 10.5. The third-order valence-electron chi connectivity index (χ3n) is 3.43. The van der Waals surface area contributed by atoms with Crippen LogP contribution in [0, 0.1) is 16.0 Å². The van der Waals surface area contributed by atoms with Crippen LogP contribution in [-0.4, -0.2) is 15.8 Å². The van der Waals surface area contributed by atoms with Crippen LogP contribution in [0.25, 0.3) is 5.57 Å². The van der Waals surface area contributed by atoms with Crippen LogP contribution in [0.1, 0.15) is 38.7 Å². The predicted octanol–water partition coefficient (Wildman–Crippen LogP) is 4.02. The summed E-state index contributed by atoms with van der Waals surface area (Å²) in [6.45, 7) is 4.26. The van der Waals surface area contributed by atoms with Crippen LogP contribution in [-0.2, 0) is 0 Å². The van der Waals surface area contributed by atoms with Gasteiger partial charge in [-0.25, -0.2) is 0 Å². The third-order valence-corrected chi connectivity index (χ3v) is 3.43. The van der Waals surface area contributed by atoms with E-state index in [-0.39, 0.29) is 5.69 Å². The normalized spacial score (nSPS) is 17.2. The maximum absolute atomic E-state index is 10.9. The molecule has 1 N–H and O–H groups in total. The smallest absolute Gasteiger partial charge is 0.270 e. The Hall–Kier alpha value is -2.17. The summed E-state index contributed by atoms with van der Waals surface area (Å²) in [5, 5.41) is 23.4. The number of non-ortho nitro benzene ring substituents is 1. The fourth-order valence-corrected chi connectivity index (χ4v) is 2.67. The molecule has 0 unspecified atom stereocenters. The first-order valence-electron chi connectivity index (χ1n) is 6.71. The van der Waals surface area contributed by atoms with Gasteiger partial charge in [-0.3, -0.25) is 10.1 Å². The second-order valence-corrected chi connectivity index (χ2v) is 5.43. The first-order chi connectivity index (χ1) is 9.52.